The molecule has 6 nitrogen and oxygen atoms in total. The number of likely N-dealkylation sites (N-methyl/N-ethyl adjacent to an activating group) is 1. The maximum absolute atomic E-state index is 12.9. The predicted octanol–water partition coefficient (Wildman–Crippen LogP) is 6.00. The highest BCUT2D eigenvalue weighted by molar-refractivity contribution is 5.79. The fourth-order valence-corrected chi connectivity index (χ4v) is 3.78. The normalized spacial score (nSPS) is 11.7. The van der Waals surface area contributed by atoms with Crippen LogP contribution in [0.4, 0.5) is 13.2 Å². The zero-order valence-electron chi connectivity index (χ0n) is 22.1. The van der Waals surface area contributed by atoms with Crippen molar-refractivity contribution in [3.63, 3.8) is 0 Å². The Bertz CT molecular complexity index is 1290. The molecule has 0 atom stereocenters. The molecule has 0 fully saturated rings. The van der Waals surface area contributed by atoms with Crippen LogP contribution in [0.15, 0.2) is 60.7 Å². The monoisotopic (exact) mass is 528 g/mol. The van der Waals surface area contributed by atoms with Crippen LogP contribution in [0.5, 0.6) is 5.75 Å². The predicted molar refractivity (Wildman–Crippen MR) is 137 cm³/mol. The molecular formula is C29H31F3N2O4. The summed E-state index contributed by atoms with van der Waals surface area (Å²) < 4.78 is 49.4. The van der Waals surface area contributed by atoms with Gasteiger partial charge in [0, 0.05) is 24.8 Å². The number of esters is 1. The first-order valence-corrected chi connectivity index (χ1v) is 12.1. The van der Waals surface area contributed by atoms with E-state index in [2.05, 4.69) is 4.98 Å². The molecule has 38 heavy (non-hydrogen) atoms. The van der Waals surface area contributed by atoms with Crippen molar-refractivity contribution in [1.29, 1.82) is 0 Å². The van der Waals surface area contributed by atoms with Gasteiger partial charge in [-0.25, -0.2) is 4.79 Å². The van der Waals surface area contributed by atoms with E-state index in [4.69, 9.17) is 9.47 Å². The summed E-state index contributed by atoms with van der Waals surface area (Å²) in [5.74, 6) is -0.110. The van der Waals surface area contributed by atoms with E-state index in [0.29, 0.717) is 29.2 Å². The number of rotatable bonds is 9. The Morgan fingerprint density at radius 3 is 2.29 bits per heavy atom. The Balaban J connectivity index is 1.64. The topological polar surface area (TPSA) is 68.7 Å². The number of hydrogen-bond acceptors (Lipinski definition) is 5. The molecule has 9 heteroatoms. The van der Waals surface area contributed by atoms with Crippen LogP contribution < -0.4 is 4.74 Å². The molecule has 1 amide bonds. The number of pyridine rings is 1. The number of alkyl halides is 3. The minimum atomic E-state index is -4.40. The second-order valence-electron chi connectivity index (χ2n) is 9.42. The molecule has 0 N–H and O–H groups in total. The van der Waals surface area contributed by atoms with Crippen LogP contribution in [-0.2, 0) is 33.5 Å². The number of halogens is 3. The lowest BCUT2D eigenvalue weighted by molar-refractivity contribution is -0.158. The van der Waals surface area contributed by atoms with E-state index in [1.807, 2.05) is 6.07 Å². The van der Waals surface area contributed by atoms with Crippen molar-refractivity contribution >= 4 is 11.9 Å². The molecule has 1 heterocycles. The lowest BCUT2D eigenvalue weighted by Crippen LogP contribution is -2.39. The third-order valence-electron chi connectivity index (χ3n) is 5.93. The summed E-state index contributed by atoms with van der Waals surface area (Å²) >= 11 is 0. The summed E-state index contributed by atoms with van der Waals surface area (Å²) in [7, 11) is 1.69. The first-order chi connectivity index (χ1) is 17.8. The Hall–Kier alpha value is -3.88. The van der Waals surface area contributed by atoms with E-state index in [0.717, 1.165) is 23.3 Å². The van der Waals surface area contributed by atoms with Crippen LogP contribution in [0.1, 0.15) is 43.2 Å². The van der Waals surface area contributed by atoms with Crippen LogP contribution >= 0.6 is 0 Å². The minimum Gasteiger partial charge on any atom is -0.476 e. The molecule has 0 aliphatic rings. The number of aromatic nitrogens is 1. The quantitative estimate of drug-likeness (QED) is 0.319. The van der Waals surface area contributed by atoms with Crippen molar-refractivity contribution in [1.82, 2.24) is 9.88 Å². The maximum Gasteiger partial charge on any atom is 0.416 e. The third kappa shape index (κ3) is 7.34. The highest BCUT2D eigenvalue weighted by Gasteiger charge is 2.32. The van der Waals surface area contributed by atoms with E-state index in [-0.39, 0.29) is 18.9 Å². The molecule has 0 aliphatic heterocycles. The van der Waals surface area contributed by atoms with E-state index in [1.165, 1.54) is 12.1 Å². The number of aryl methyl sites for hydroxylation is 1. The van der Waals surface area contributed by atoms with Crippen LogP contribution in [0.3, 0.4) is 0 Å². The van der Waals surface area contributed by atoms with Gasteiger partial charge in [-0.3, -0.25) is 9.78 Å². The first kappa shape index (κ1) is 28.7. The smallest absolute Gasteiger partial charge is 0.416 e. The van der Waals surface area contributed by atoms with Gasteiger partial charge in [-0.05, 0) is 69.2 Å². The molecule has 3 aromatic rings. The summed E-state index contributed by atoms with van der Waals surface area (Å²) in [6, 6.07) is 15.4. The van der Waals surface area contributed by atoms with E-state index < -0.39 is 23.3 Å². The van der Waals surface area contributed by atoms with Gasteiger partial charge in [-0.15, -0.1) is 0 Å². The summed E-state index contributed by atoms with van der Waals surface area (Å²) in [6.07, 6.45) is -4.28. The third-order valence-corrected chi connectivity index (χ3v) is 5.93. The van der Waals surface area contributed by atoms with E-state index >= 15 is 0 Å². The number of ether oxygens (including phenoxy) is 2. The van der Waals surface area contributed by atoms with Crippen molar-refractivity contribution in [2.24, 2.45) is 0 Å². The molecule has 202 valence electrons. The van der Waals surface area contributed by atoms with Crippen molar-refractivity contribution in [3.05, 3.63) is 83.0 Å². The summed E-state index contributed by atoms with van der Waals surface area (Å²) in [5, 5.41) is 0. The van der Waals surface area contributed by atoms with Crippen LogP contribution in [0, 0.1) is 6.92 Å². The second kappa shape index (κ2) is 11.7. The average molecular weight is 529 g/mol. The molecule has 3 rings (SSSR count). The molecule has 0 saturated heterocycles. The number of benzene rings is 2. The Morgan fingerprint density at radius 2 is 1.68 bits per heavy atom. The Morgan fingerprint density at radius 1 is 1.00 bits per heavy atom. The highest BCUT2D eigenvalue weighted by atomic mass is 19.4. The minimum absolute atomic E-state index is 0.120. The van der Waals surface area contributed by atoms with Gasteiger partial charge in [0.1, 0.15) is 5.75 Å². The van der Waals surface area contributed by atoms with Crippen molar-refractivity contribution < 1.29 is 32.2 Å². The largest absolute Gasteiger partial charge is 0.476 e. The van der Waals surface area contributed by atoms with Gasteiger partial charge in [0.15, 0.2) is 5.60 Å². The number of carbonyl (C=O) groups excluding carboxylic acids is 2. The van der Waals surface area contributed by atoms with Crippen LogP contribution in [0.2, 0.25) is 0 Å². The lowest BCUT2D eigenvalue weighted by Gasteiger charge is -2.24. The summed E-state index contributed by atoms with van der Waals surface area (Å²) in [5.41, 5.74) is 1.39. The second-order valence-corrected chi connectivity index (χ2v) is 9.42. The molecule has 0 spiro atoms. The van der Waals surface area contributed by atoms with Crippen molar-refractivity contribution in [2.75, 3.05) is 13.7 Å². The lowest BCUT2D eigenvalue weighted by atomic mass is 10.0. The number of hydrogen-bond donors (Lipinski definition) is 0. The van der Waals surface area contributed by atoms with Crippen LogP contribution in [-0.4, -0.2) is 41.0 Å². The SMILES string of the molecule is CCOC(=O)C(C)(C)Oc1cccc(CN(C)C(=O)Cc2ccc(-c3ccc(C(F)(F)F)cc3)nc2C)c1. The summed E-state index contributed by atoms with van der Waals surface area (Å²) in [4.78, 5) is 31.1. The van der Waals surface area contributed by atoms with Crippen LogP contribution in [0.25, 0.3) is 11.3 Å². The highest BCUT2D eigenvalue weighted by Crippen LogP contribution is 2.31. The first-order valence-electron chi connectivity index (χ1n) is 12.1. The molecule has 0 saturated carbocycles. The van der Waals surface area contributed by atoms with Gasteiger partial charge in [0.05, 0.1) is 24.3 Å². The van der Waals surface area contributed by atoms with E-state index in [1.54, 1.807) is 70.0 Å². The average Bonchev–Trinajstić information content (AvgIpc) is 2.85. The Labute approximate surface area is 220 Å². The van der Waals surface area contributed by atoms with Gasteiger partial charge >= 0.3 is 12.1 Å². The molecule has 0 aliphatic carbocycles. The zero-order chi connectivity index (χ0) is 28.1. The van der Waals surface area contributed by atoms with Gasteiger partial charge in [-0.1, -0.05) is 30.3 Å². The standard InChI is InChI=1S/C29H31F3N2O4/c1-6-37-27(36)28(3,4)38-24-9-7-8-20(16-24)18-34(5)26(35)17-22-12-15-25(33-19(22)2)21-10-13-23(14-11-21)29(30,31)32/h7-16H,6,17-18H2,1-5H3. The molecule has 0 bridgehead atoms. The van der Waals surface area contributed by atoms with Gasteiger partial charge in [0.25, 0.3) is 0 Å². The fourth-order valence-electron chi connectivity index (χ4n) is 3.78. The number of carbonyl (C=O) groups is 2. The molecular weight excluding hydrogens is 497 g/mol. The Kier molecular flexibility index (Phi) is 8.81. The molecule has 1 aromatic heterocycles. The summed E-state index contributed by atoms with van der Waals surface area (Å²) in [6.45, 7) is 7.34. The molecule has 0 radical (unpaired) electrons. The molecule has 2 aromatic carbocycles. The fraction of sp³-hybridized carbons (Fsp3) is 0.345. The van der Waals surface area contributed by atoms with Gasteiger partial charge in [0.2, 0.25) is 5.91 Å². The van der Waals surface area contributed by atoms with Gasteiger partial charge < -0.3 is 14.4 Å². The van der Waals surface area contributed by atoms with Crippen molar-refractivity contribution in [2.45, 2.75) is 52.4 Å². The number of amides is 1. The van der Waals surface area contributed by atoms with E-state index in [9.17, 15) is 22.8 Å². The molecule has 0 unspecified atom stereocenters. The number of nitrogens with zero attached hydrogens (tertiary/aromatic N) is 2. The van der Waals surface area contributed by atoms with Crippen molar-refractivity contribution in [3.8, 4) is 17.0 Å². The van der Waals surface area contributed by atoms with Gasteiger partial charge in [-0.2, -0.15) is 13.2 Å². The zero-order valence-corrected chi connectivity index (χ0v) is 22.1. The maximum atomic E-state index is 12.9.